The Bertz CT molecular complexity index is 446. The number of nitrogens with one attached hydrogen (secondary N) is 2. The Morgan fingerprint density at radius 1 is 1.48 bits per heavy atom. The SMILES string of the molecule is CSC(C)CNC(=NCC(=O)N(C)C)NCc1cccs1. The largest absolute Gasteiger partial charge is 0.355 e. The molecule has 0 fully saturated rings. The number of amides is 1. The van der Waals surface area contributed by atoms with Crippen LogP contribution in [0.2, 0.25) is 0 Å². The van der Waals surface area contributed by atoms with Crippen molar-refractivity contribution in [3.05, 3.63) is 22.4 Å². The summed E-state index contributed by atoms with van der Waals surface area (Å²) in [4.78, 5) is 18.8. The molecule has 1 amide bonds. The molecule has 0 saturated heterocycles. The van der Waals surface area contributed by atoms with Gasteiger partial charge in [-0.05, 0) is 17.7 Å². The van der Waals surface area contributed by atoms with E-state index in [0.29, 0.717) is 17.8 Å². The molecule has 5 nitrogen and oxygen atoms in total. The van der Waals surface area contributed by atoms with Crippen molar-refractivity contribution in [2.45, 2.75) is 18.7 Å². The molecular weight excluding hydrogens is 304 g/mol. The average molecular weight is 329 g/mol. The molecule has 1 unspecified atom stereocenters. The predicted molar refractivity (Wildman–Crippen MR) is 93.1 cm³/mol. The van der Waals surface area contributed by atoms with Crippen molar-refractivity contribution in [2.24, 2.45) is 4.99 Å². The van der Waals surface area contributed by atoms with Crippen molar-refractivity contribution < 1.29 is 4.79 Å². The first-order chi connectivity index (χ1) is 10.0. The summed E-state index contributed by atoms with van der Waals surface area (Å²) in [5.74, 6) is 0.671. The molecule has 1 rings (SSSR count). The van der Waals surface area contributed by atoms with Gasteiger partial charge >= 0.3 is 0 Å². The lowest BCUT2D eigenvalue weighted by Gasteiger charge is -2.15. The van der Waals surface area contributed by atoms with E-state index in [-0.39, 0.29) is 12.5 Å². The minimum atomic E-state index is -0.00913. The molecule has 1 atom stereocenters. The highest BCUT2D eigenvalue weighted by molar-refractivity contribution is 7.99. The highest BCUT2D eigenvalue weighted by Crippen LogP contribution is 2.07. The molecule has 0 spiro atoms. The van der Waals surface area contributed by atoms with E-state index in [1.54, 1.807) is 42.1 Å². The van der Waals surface area contributed by atoms with Crippen LogP contribution in [0.4, 0.5) is 0 Å². The lowest BCUT2D eigenvalue weighted by atomic mass is 10.4. The number of likely N-dealkylation sites (N-methyl/N-ethyl adjacent to an activating group) is 1. The van der Waals surface area contributed by atoms with Crippen molar-refractivity contribution in [3.8, 4) is 0 Å². The summed E-state index contributed by atoms with van der Waals surface area (Å²) in [7, 11) is 3.47. The summed E-state index contributed by atoms with van der Waals surface area (Å²) in [6, 6.07) is 4.10. The van der Waals surface area contributed by atoms with Gasteiger partial charge in [-0.2, -0.15) is 11.8 Å². The fourth-order valence-corrected chi connectivity index (χ4v) is 2.26. The van der Waals surface area contributed by atoms with Crippen LogP contribution in [0.15, 0.2) is 22.5 Å². The van der Waals surface area contributed by atoms with Crippen LogP contribution in [0.3, 0.4) is 0 Å². The number of thiophene rings is 1. The van der Waals surface area contributed by atoms with Gasteiger partial charge in [-0.3, -0.25) is 4.79 Å². The first-order valence-corrected chi connectivity index (χ1v) is 8.97. The maximum Gasteiger partial charge on any atom is 0.243 e. The minimum Gasteiger partial charge on any atom is -0.355 e. The van der Waals surface area contributed by atoms with Crippen molar-refractivity contribution >= 4 is 35.0 Å². The summed E-state index contributed by atoms with van der Waals surface area (Å²) in [5, 5.41) is 9.08. The fourth-order valence-electron chi connectivity index (χ4n) is 1.37. The standard InChI is InChI=1S/C14H24N4OS2/c1-11(20-4)8-15-14(17-10-13(19)18(2)3)16-9-12-6-5-7-21-12/h5-7,11H,8-10H2,1-4H3,(H2,15,16,17). The van der Waals surface area contributed by atoms with E-state index in [0.717, 1.165) is 6.54 Å². The van der Waals surface area contributed by atoms with E-state index >= 15 is 0 Å². The zero-order chi connectivity index (χ0) is 15.7. The van der Waals surface area contributed by atoms with Gasteiger partial charge in [-0.25, -0.2) is 4.99 Å². The molecule has 2 N–H and O–H groups in total. The van der Waals surface area contributed by atoms with Gasteiger partial charge < -0.3 is 15.5 Å². The van der Waals surface area contributed by atoms with E-state index in [4.69, 9.17) is 0 Å². The molecule has 0 radical (unpaired) electrons. The molecule has 0 aliphatic heterocycles. The molecule has 0 bridgehead atoms. The van der Waals surface area contributed by atoms with Crippen LogP contribution >= 0.6 is 23.1 Å². The Morgan fingerprint density at radius 3 is 2.81 bits per heavy atom. The first kappa shape index (κ1) is 17.8. The van der Waals surface area contributed by atoms with Gasteiger partial charge in [0, 0.05) is 30.8 Å². The van der Waals surface area contributed by atoms with Crippen molar-refractivity contribution in [1.29, 1.82) is 0 Å². The molecule has 21 heavy (non-hydrogen) atoms. The third-order valence-corrected chi connectivity index (χ3v) is 4.69. The van der Waals surface area contributed by atoms with E-state index < -0.39 is 0 Å². The Kier molecular flexibility index (Phi) is 8.22. The number of carbonyl (C=O) groups is 1. The van der Waals surface area contributed by atoms with Crippen LogP contribution < -0.4 is 10.6 Å². The van der Waals surface area contributed by atoms with Crippen molar-refractivity contribution in [3.63, 3.8) is 0 Å². The topological polar surface area (TPSA) is 56.7 Å². The van der Waals surface area contributed by atoms with Gasteiger partial charge in [0.2, 0.25) is 5.91 Å². The zero-order valence-corrected chi connectivity index (χ0v) is 14.7. The normalized spacial score (nSPS) is 12.9. The van der Waals surface area contributed by atoms with Gasteiger partial charge in [0.1, 0.15) is 6.54 Å². The maximum absolute atomic E-state index is 11.6. The van der Waals surface area contributed by atoms with E-state index in [1.807, 2.05) is 11.4 Å². The van der Waals surface area contributed by atoms with E-state index in [2.05, 4.69) is 34.9 Å². The molecule has 0 aliphatic carbocycles. The monoisotopic (exact) mass is 328 g/mol. The lowest BCUT2D eigenvalue weighted by Crippen LogP contribution is -2.40. The quantitative estimate of drug-likeness (QED) is 0.590. The number of guanidine groups is 1. The van der Waals surface area contributed by atoms with Crippen LogP contribution in [-0.4, -0.2) is 55.5 Å². The molecule has 0 aliphatic rings. The summed E-state index contributed by atoms with van der Waals surface area (Å²) in [6.45, 7) is 3.83. The highest BCUT2D eigenvalue weighted by Gasteiger charge is 2.06. The Hall–Kier alpha value is -1.21. The minimum absolute atomic E-state index is 0.00913. The number of rotatable bonds is 7. The molecule has 1 heterocycles. The van der Waals surface area contributed by atoms with Gasteiger partial charge in [0.05, 0.1) is 6.54 Å². The molecule has 0 saturated carbocycles. The second-order valence-electron chi connectivity index (χ2n) is 4.81. The van der Waals surface area contributed by atoms with Crippen molar-refractivity contribution in [2.75, 3.05) is 33.4 Å². The Balaban J connectivity index is 2.55. The Morgan fingerprint density at radius 2 is 2.24 bits per heavy atom. The van der Waals surface area contributed by atoms with Gasteiger partial charge in [-0.15, -0.1) is 11.3 Å². The maximum atomic E-state index is 11.6. The summed E-state index contributed by atoms with van der Waals surface area (Å²) in [6.07, 6.45) is 2.08. The molecular formula is C14H24N4OS2. The van der Waals surface area contributed by atoms with Crippen LogP contribution in [0.1, 0.15) is 11.8 Å². The van der Waals surface area contributed by atoms with Crippen molar-refractivity contribution in [1.82, 2.24) is 15.5 Å². The zero-order valence-electron chi connectivity index (χ0n) is 13.0. The van der Waals surface area contributed by atoms with E-state index in [1.165, 1.54) is 4.88 Å². The average Bonchev–Trinajstić information content (AvgIpc) is 2.98. The fraction of sp³-hybridized carbons (Fsp3) is 0.571. The van der Waals surface area contributed by atoms with Crippen LogP contribution in [-0.2, 0) is 11.3 Å². The third kappa shape index (κ3) is 7.38. The van der Waals surface area contributed by atoms with Crippen LogP contribution in [0.25, 0.3) is 0 Å². The number of hydrogen-bond acceptors (Lipinski definition) is 4. The second kappa shape index (κ2) is 9.68. The molecule has 0 aromatic carbocycles. The second-order valence-corrected chi connectivity index (χ2v) is 7.12. The Labute approximate surface area is 135 Å². The molecule has 1 aromatic heterocycles. The molecule has 7 heteroatoms. The number of thioether (sulfide) groups is 1. The van der Waals surface area contributed by atoms with Gasteiger partial charge in [0.15, 0.2) is 5.96 Å². The number of carbonyl (C=O) groups excluding carboxylic acids is 1. The number of aliphatic imine (C=N–C) groups is 1. The predicted octanol–water partition coefficient (Wildman–Crippen LogP) is 1.62. The van der Waals surface area contributed by atoms with Gasteiger partial charge in [-0.1, -0.05) is 13.0 Å². The highest BCUT2D eigenvalue weighted by atomic mass is 32.2. The van der Waals surface area contributed by atoms with E-state index in [9.17, 15) is 4.79 Å². The van der Waals surface area contributed by atoms with Crippen LogP contribution in [0, 0.1) is 0 Å². The number of hydrogen-bond donors (Lipinski definition) is 2. The third-order valence-electron chi connectivity index (χ3n) is 2.84. The smallest absolute Gasteiger partial charge is 0.243 e. The summed E-state index contributed by atoms with van der Waals surface area (Å²) in [5.41, 5.74) is 0. The first-order valence-electron chi connectivity index (χ1n) is 6.80. The summed E-state index contributed by atoms with van der Waals surface area (Å²) >= 11 is 3.49. The van der Waals surface area contributed by atoms with Gasteiger partial charge in [0.25, 0.3) is 0 Å². The van der Waals surface area contributed by atoms with Crippen LogP contribution in [0.5, 0.6) is 0 Å². The number of nitrogens with zero attached hydrogens (tertiary/aromatic N) is 2. The molecule has 118 valence electrons. The summed E-state index contributed by atoms with van der Waals surface area (Å²) < 4.78 is 0. The molecule has 1 aromatic rings. The lowest BCUT2D eigenvalue weighted by molar-refractivity contribution is -0.127.